The summed E-state index contributed by atoms with van der Waals surface area (Å²) in [4.78, 5) is 12.5. The first-order valence-electron chi connectivity index (χ1n) is 8.09. The van der Waals surface area contributed by atoms with Crippen molar-refractivity contribution in [3.63, 3.8) is 0 Å². The number of hydrogen-bond acceptors (Lipinski definition) is 3. The fourth-order valence-corrected chi connectivity index (χ4v) is 3.03. The van der Waals surface area contributed by atoms with E-state index in [9.17, 15) is 9.90 Å². The molecular weight excluding hydrogens is 288 g/mol. The van der Waals surface area contributed by atoms with Crippen LogP contribution in [-0.2, 0) is 11.3 Å². The third-order valence-corrected chi connectivity index (χ3v) is 4.31. The molecule has 0 aromatic heterocycles. The molecule has 0 heterocycles. The van der Waals surface area contributed by atoms with E-state index in [1.165, 1.54) is 0 Å². The first-order chi connectivity index (χ1) is 11.2. The lowest BCUT2D eigenvalue weighted by Gasteiger charge is -2.27. The number of aliphatic hydroxyl groups excluding tert-OH is 1. The fourth-order valence-electron chi connectivity index (χ4n) is 3.03. The third-order valence-electron chi connectivity index (χ3n) is 4.31. The molecule has 3 rings (SSSR count). The smallest absolute Gasteiger partial charge is 0.244 e. The number of anilines is 1. The molecular formula is C19H22N2O2. The van der Waals surface area contributed by atoms with E-state index < -0.39 is 6.10 Å². The van der Waals surface area contributed by atoms with Gasteiger partial charge in [-0.15, -0.1) is 0 Å². The van der Waals surface area contributed by atoms with Crippen molar-refractivity contribution < 1.29 is 9.90 Å². The summed E-state index contributed by atoms with van der Waals surface area (Å²) in [5, 5.41) is 11.8. The van der Waals surface area contributed by atoms with Gasteiger partial charge < -0.3 is 5.11 Å². The summed E-state index contributed by atoms with van der Waals surface area (Å²) in [5.41, 5.74) is 5.03. The van der Waals surface area contributed by atoms with Crippen LogP contribution in [0.25, 0.3) is 0 Å². The molecule has 1 saturated carbocycles. The number of hydrazine groups is 1. The van der Waals surface area contributed by atoms with Crippen molar-refractivity contribution in [3.8, 4) is 0 Å². The Bertz CT molecular complexity index is 630. The molecule has 1 fully saturated rings. The number of para-hydroxylation sites is 1. The summed E-state index contributed by atoms with van der Waals surface area (Å²) < 4.78 is 0. The molecule has 2 N–H and O–H groups in total. The number of carbonyl (C=O) groups is 1. The van der Waals surface area contributed by atoms with E-state index in [2.05, 4.69) is 5.43 Å². The average molecular weight is 310 g/mol. The topological polar surface area (TPSA) is 52.6 Å². The zero-order chi connectivity index (χ0) is 16.1. The Morgan fingerprint density at radius 1 is 1.04 bits per heavy atom. The van der Waals surface area contributed by atoms with Crippen molar-refractivity contribution in [1.29, 1.82) is 0 Å². The van der Waals surface area contributed by atoms with Crippen LogP contribution in [0.5, 0.6) is 0 Å². The molecule has 1 aliphatic carbocycles. The van der Waals surface area contributed by atoms with Gasteiger partial charge in [0.2, 0.25) is 5.91 Å². The van der Waals surface area contributed by atoms with Crippen molar-refractivity contribution >= 4 is 11.6 Å². The van der Waals surface area contributed by atoms with Crippen LogP contribution in [0.3, 0.4) is 0 Å². The van der Waals surface area contributed by atoms with Crippen molar-refractivity contribution in [3.05, 3.63) is 66.2 Å². The van der Waals surface area contributed by atoms with E-state index in [1.807, 2.05) is 65.7 Å². The average Bonchev–Trinajstić information content (AvgIpc) is 3.02. The molecule has 2 atom stereocenters. The van der Waals surface area contributed by atoms with Crippen molar-refractivity contribution in [2.75, 3.05) is 5.01 Å². The van der Waals surface area contributed by atoms with Gasteiger partial charge in [0.25, 0.3) is 0 Å². The number of nitrogens with one attached hydrogen (secondary N) is 1. The number of benzene rings is 2. The normalized spacial score (nSPS) is 20.2. The molecule has 2 unspecified atom stereocenters. The van der Waals surface area contributed by atoms with Crippen LogP contribution >= 0.6 is 0 Å². The predicted molar refractivity (Wildman–Crippen MR) is 90.6 cm³/mol. The monoisotopic (exact) mass is 310 g/mol. The highest BCUT2D eigenvalue weighted by Gasteiger charge is 2.32. The summed E-state index contributed by atoms with van der Waals surface area (Å²) in [6.07, 6.45) is 1.84. The lowest BCUT2D eigenvalue weighted by Crippen LogP contribution is -2.46. The Kier molecular flexibility index (Phi) is 4.93. The number of hydrogen-bond donors (Lipinski definition) is 2. The number of aliphatic hydroxyl groups is 1. The molecule has 2 aromatic rings. The van der Waals surface area contributed by atoms with Gasteiger partial charge in [0.1, 0.15) is 0 Å². The molecule has 0 bridgehead atoms. The second-order valence-electron chi connectivity index (χ2n) is 5.99. The maximum Gasteiger partial charge on any atom is 0.244 e. The van der Waals surface area contributed by atoms with Crippen molar-refractivity contribution in [1.82, 2.24) is 5.43 Å². The minimum absolute atomic E-state index is 0.102. The molecule has 0 spiro atoms. The van der Waals surface area contributed by atoms with Crippen molar-refractivity contribution in [2.45, 2.75) is 31.9 Å². The maximum absolute atomic E-state index is 12.5. The molecule has 4 nitrogen and oxygen atoms in total. The third kappa shape index (κ3) is 3.90. The van der Waals surface area contributed by atoms with Crippen LogP contribution in [0.15, 0.2) is 60.7 Å². The minimum Gasteiger partial charge on any atom is -0.392 e. The Balaban J connectivity index is 1.76. The van der Waals surface area contributed by atoms with E-state index >= 15 is 0 Å². The highest BCUT2D eigenvalue weighted by molar-refractivity contribution is 5.81. The Labute approximate surface area is 136 Å². The summed E-state index contributed by atoms with van der Waals surface area (Å²) >= 11 is 0. The summed E-state index contributed by atoms with van der Waals surface area (Å²) in [6, 6.07) is 19.8. The van der Waals surface area contributed by atoms with Gasteiger partial charge in [0, 0.05) is 0 Å². The van der Waals surface area contributed by atoms with E-state index in [1.54, 1.807) is 0 Å². The van der Waals surface area contributed by atoms with Gasteiger partial charge in [-0.05, 0) is 37.0 Å². The van der Waals surface area contributed by atoms with Gasteiger partial charge in [-0.2, -0.15) is 0 Å². The number of carbonyl (C=O) groups excluding carboxylic acids is 1. The van der Waals surface area contributed by atoms with Crippen molar-refractivity contribution in [2.24, 2.45) is 5.92 Å². The van der Waals surface area contributed by atoms with Gasteiger partial charge in [-0.1, -0.05) is 48.5 Å². The lowest BCUT2D eigenvalue weighted by molar-refractivity contribution is -0.127. The minimum atomic E-state index is -0.524. The Morgan fingerprint density at radius 3 is 2.30 bits per heavy atom. The number of amides is 1. The summed E-state index contributed by atoms with van der Waals surface area (Å²) in [7, 11) is 0. The molecule has 0 radical (unpaired) electrons. The summed E-state index contributed by atoms with van der Waals surface area (Å²) in [6.45, 7) is 0.583. The van der Waals surface area contributed by atoms with Gasteiger partial charge in [-0.3, -0.25) is 15.2 Å². The fraction of sp³-hybridized carbons (Fsp3) is 0.316. The van der Waals surface area contributed by atoms with Gasteiger partial charge in [0.05, 0.1) is 24.3 Å². The summed E-state index contributed by atoms with van der Waals surface area (Å²) in [5.74, 6) is -0.410. The van der Waals surface area contributed by atoms with E-state index in [0.717, 1.165) is 24.1 Å². The second-order valence-corrected chi connectivity index (χ2v) is 5.99. The Hall–Kier alpha value is -2.33. The van der Waals surface area contributed by atoms with E-state index in [-0.39, 0.29) is 11.8 Å². The predicted octanol–water partition coefficient (Wildman–Crippen LogP) is 2.89. The Morgan fingerprint density at radius 2 is 1.70 bits per heavy atom. The SMILES string of the molecule is O=C(NN(Cc1ccccc1)c1ccccc1)C1CCCC1O. The largest absolute Gasteiger partial charge is 0.392 e. The standard InChI is InChI=1S/C19H22N2O2/c22-18-13-7-12-17(18)19(23)20-21(16-10-5-2-6-11-16)14-15-8-3-1-4-9-15/h1-6,8-11,17-18,22H,7,12-14H2,(H,20,23). The van der Waals surface area contributed by atoms with Gasteiger partial charge in [0.15, 0.2) is 0 Å². The molecule has 0 saturated heterocycles. The zero-order valence-electron chi connectivity index (χ0n) is 13.1. The quantitative estimate of drug-likeness (QED) is 0.835. The molecule has 120 valence electrons. The highest BCUT2D eigenvalue weighted by atomic mass is 16.3. The number of nitrogens with zero attached hydrogens (tertiary/aromatic N) is 1. The molecule has 2 aromatic carbocycles. The van der Waals surface area contributed by atoms with Crippen LogP contribution in [0, 0.1) is 5.92 Å². The molecule has 4 heteroatoms. The van der Waals surface area contributed by atoms with Crippen LogP contribution in [-0.4, -0.2) is 17.1 Å². The van der Waals surface area contributed by atoms with E-state index in [0.29, 0.717) is 13.0 Å². The molecule has 1 aliphatic rings. The lowest BCUT2D eigenvalue weighted by atomic mass is 10.1. The highest BCUT2D eigenvalue weighted by Crippen LogP contribution is 2.26. The van der Waals surface area contributed by atoms with Crippen LogP contribution in [0.1, 0.15) is 24.8 Å². The second kappa shape index (κ2) is 7.29. The maximum atomic E-state index is 12.5. The molecule has 1 amide bonds. The number of rotatable bonds is 5. The first-order valence-corrected chi connectivity index (χ1v) is 8.09. The van der Waals surface area contributed by atoms with Crippen LogP contribution in [0.4, 0.5) is 5.69 Å². The van der Waals surface area contributed by atoms with Crippen LogP contribution < -0.4 is 10.4 Å². The molecule has 0 aliphatic heterocycles. The van der Waals surface area contributed by atoms with Gasteiger partial charge >= 0.3 is 0 Å². The first kappa shape index (κ1) is 15.6. The van der Waals surface area contributed by atoms with Crippen LogP contribution in [0.2, 0.25) is 0 Å². The zero-order valence-corrected chi connectivity index (χ0v) is 13.1. The van der Waals surface area contributed by atoms with E-state index in [4.69, 9.17) is 0 Å². The van der Waals surface area contributed by atoms with Gasteiger partial charge in [-0.25, -0.2) is 0 Å². The molecule has 23 heavy (non-hydrogen) atoms.